The van der Waals surface area contributed by atoms with Crippen molar-refractivity contribution in [2.24, 2.45) is 0 Å². The third-order valence-electron chi connectivity index (χ3n) is 5.88. The summed E-state index contributed by atoms with van der Waals surface area (Å²) in [7, 11) is 0. The van der Waals surface area contributed by atoms with Gasteiger partial charge < -0.3 is 19.3 Å². The number of H-pyrrole nitrogens is 2. The Morgan fingerprint density at radius 2 is 1.17 bits per heavy atom. The number of nitrogens with one attached hydrogen (secondary N) is 2. The molecule has 8 heteroatoms. The molecular formula is C21H34N2O6. The second kappa shape index (κ2) is 9.63. The van der Waals surface area contributed by atoms with Gasteiger partial charge >= 0.3 is 0 Å². The first kappa shape index (κ1) is 23.2. The smallest absolute Gasteiger partial charge is 0.283 e. The van der Waals surface area contributed by atoms with Crippen LogP contribution in [0.1, 0.15) is 83.8 Å². The summed E-state index contributed by atoms with van der Waals surface area (Å²) in [6.07, 6.45) is 6.28. The largest absolute Gasteiger partial charge is 0.393 e. The lowest BCUT2D eigenvalue weighted by molar-refractivity contribution is 0.115. The highest BCUT2D eigenvalue weighted by atomic mass is 16.5. The van der Waals surface area contributed by atoms with Gasteiger partial charge in [0, 0.05) is 0 Å². The Balaban J connectivity index is 1.68. The van der Waals surface area contributed by atoms with E-state index in [0.29, 0.717) is 56.1 Å². The zero-order chi connectivity index (χ0) is 21.7. The van der Waals surface area contributed by atoms with E-state index in [1.807, 2.05) is 27.7 Å². The molecule has 2 rings (SSSR count). The predicted octanol–water partition coefficient (Wildman–Crippen LogP) is 2.96. The first-order valence-electron chi connectivity index (χ1n) is 10.2. The van der Waals surface area contributed by atoms with E-state index in [1.165, 1.54) is 12.5 Å². The summed E-state index contributed by atoms with van der Waals surface area (Å²) in [5.41, 5.74) is -0.0471. The molecule has 0 aliphatic carbocycles. The number of aromatic nitrogens is 2. The minimum absolute atomic E-state index is 0.229. The van der Waals surface area contributed by atoms with Crippen molar-refractivity contribution in [3.63, 3.8) is 0 Å². The van der Waals surface area contributed by atoms with Gasteiger partial charge in [-0.25, -0.2) is 0 Å². The molecule has 8 nitrogen and oxygen atoms in total. The molecule has 2 atom stereocenters. The van der Waals surface area contributed by atoms with Gasteiger partial charge in [0.05, 0.1) is 23.3 Å². The molecular weight excluding hydrogens is 376 g/mol. The molecule has 0 amide bonds. The van der Waals surface area contributed by atoms with Gasteiger partial charge in [-0.3, -0.25) is 9.59 Å². The van der Waals surface area contributed by atoms with Crippen LogP contribution in [0.3, 0.4) is 0 Å². The summed E-state index contributed by atoms with van der Waals surface area (Å²) in [6, 6.07) is 0. The fourth-order valence-corrected chi connectivity index (χ4v) is 3.64. The van der Waals surface area contributed by atoms with Gasteiger partial charge in [0.25, 0.3) is 11.1 Å². The third-order valence-corrected chi connectivity index (χ3v) is 5.88. The summed E-state index contributed by atoms with van der Waals surface area (Å²) in [5.74, 6) is 0. The van der Waals surface area contributed by atoms with Gasteiger partial charge in [0.1, 0.15) is 12.5 Å². The Morgan fingerprint density at radius 1 is 0.793 bits per heavy atom. The van der Waals surface area contributed by atoms with E-state index < -0.39 is 12.2 Å². The lowest BCUT2D eigenvalue weighted by Gasteiger charge is -2.24. The van der Waals surface area contributed by atoms with Crippen molar-refractivity contribution in [1.82, 2.24) is 10.3 Å². The fraction of sp³-hybridized carbons (Fsp3) is 0.714. The normalized spacial score (nSPS) is 14.8. The van der Waals surface area contributed by atoms with E-state index in [4.69, 9.17) is 9.05 Å². The average Bonchev–Trinajstić information content (AvgIpc) is 3.27. The third kappa shape index (κ3) is 6.47. The average molecular weight is 411 g/mol. The number of aliphatic hydroxyl groups is 2. The highest BCUT2D eigenvalue weighted by molar-refractivity contribution is 5.15. The molecule has 0 aromatic carbocycles. The highest BCUT2D eigenvalue weighted by Crippen LogP contribution is 2.29. The molecule has 0 saturated heterocycles. The van der Waals surface area contributed by atoms with Gasteiger partial charge in [-0.1, -0.05) is 27.7 Å². The molecule has 0 aliphatic heterocycles. The molecule has 0 saturated carbocycles. The first-order chi connectivity index (χ1) is 13.5. The second-order valence-electron chi connectivity index (χ2n) is 9.24. The van der Waals surface area contributed by atoms with Crippen LogP contribution in [0, 0.1) is 0 Å². The number of aromatic amines is 2. The summed E-state index contributed by atoms with van der Waals surface area (Å²) in [4.78, 5) is 23.4. The first-order valence-corrected chi connectivity index (χ1v) is 10.2. The maximum Gasteiger partial charge on any atom is 0.283 e. The molecule has 2 aromatic rings. The Morgan fingerprint density at radius 3 is 1.48 bits per heavy atom. The summed E-state index contributed by atoms with van der Waals surface area (Å²) in [5, 5.41) is 25.1. The quantitative estimate of drug-likeness (QED) is 0.425. The summed E-state index contributed by atoms with van der Waals surface area (Å²) < 4.78 is 9.71. The molecule has 2 aromatic heterocycles. The van der Waals surface area contributed by atoms with E-state index in [0.717, 1.165) is 0 Å². The van der Waals surface area contributed by atoms with Crippen LogP contribution in [0.25, 0.3) is 0 Å². The number of hydrogen-bond donors (Lipinski definition) is 4. The zero-order valence-corrected chi connectivity index (χ0v) is 17.8. The molecule has 0 radical (unpaired) electrons. The van der Waals surface area contributed by atoms with E-state index in [2.05, 4.69) is 10.3 Å². The Labute approximate surface area is 170 Å². The van der Waals surface area contributed by atoms with Crippen LogP contribution < -0.4 is 11.1 Å². The minimum atomic E-state index is -0.478. The standard InChI is InChI=1S/C21H34N2O6/c1-20(2,16-12-28-22-18(16)26)10-8-14(24)6-5-7-15(25)9-11-21(3,4)17-13-29-23-19(17)27/h12-15,24-25H,5-11H2,1-4H3,(H,22,26)(H,23,27). The molecule has 0 bridgehead atoms. The van der Waals surface area contributed by atoms with Crippen LogP contribution >= 0.6 is 0 Å². The van der Waals surface area contributed by atoms with Gasteiger partial charge in [-0.2, -0.15) is 10.3 Å². The maximum absolute atomic E-state index is 11.7. The van der Waals surface area contributed by atoms with Gasteiger partial charge in [0.15, 0.2) is 0 Å². The highest BCUT2D eigenvalue weighted by Gasteiger charge is 2.27. The van der Waals surface area contributed by atoms with Gasteiger partial charge in [0.2, 0.25) is 0 Å². The number of rotatable bonds is 12. The van der Waals surface area contributed by atoms with Crippen molar-refractivity contribution in [2.75, 3.05) is 0 Å². The SMILES string of the molecule is CC(C)(CCC(O)CCCC(O)CCC(C)(C)c1co[nH]c1=O)c1co[nH]c1=O. The molecule has 164 valence electrons. The van der Waals surface area contributed by atoms with Crippen molar-refractivity contribution < 1.29 is 19.3 Å². The zero-order valence-electron chi connectivity index (χ0n) is 17.8. The summed E-state index contributed by atoms with van der Waals surface area (Å²) >= 11 is 0. The molecule has 29 heavy (non-hydrogen) atoms. The van der Waals surface area contributed by atoms with Crippen molar-refractivity contribution >= 4 is 0 Å². The van der Waals surface area contributed by atoms with Crippen LogP contribution in [-0.4, -0.2) is 32.7 Å². The van der Waals surface area contributed by atoms with E-state index in [9.17, 15) is 19.8 Å². The van der Waals surface area contributed by atoms with Gasteiger partial charge in [-0.05, 0) is 55.8 Å². The molecule has 0 fully saturated rings. The molecule has 4 N–H and O–H groups in total. The summed E-state index contributed by atoms with van der Waals surface area (Å²) in [6.45, 7) is 7.82. The Hall–Kier alpha value is -2.06. The second-order valence-corrected chi connectivity index (χ2v) is 9.24. The molecule has 2 heterocycles. The monoisotopic (exact) mass is 410 g/mol. The lowest BCUT2D eigenvalue weighted by atomic mass is 9.80. The van der Waals surface area contributed by atoms with Gasteiger partial charge in [-0.15, -0.1) is 0 Å². The maximum atomic E-state index is 11.7. The molecule has 0 aliphatic rings. The van der Waals surface area contributed by atoms with Crippen LogP contribution in [0.15, 0.2) is 31.2 Å². The van der Waals surface area contributed by atoms with E-state index in [-0.39, 0.29) is 21.9 Å². The minimum Gasteiger partial charge on any atom is -0.393 e. The van der Waals surface area contributed by atoms with Crippen molar-refractivity contribution in [3.05, 3.63) is 44.4 Å². The number of hydrogen-bond acceptors (Lipinski definition) is 6. The van der Waals surface area contributed by atoms with Crippen LogP contribution in [0.4, 0.5) is 0 Å². The van der Waals surface area contributed by atoms with Crippen LogP contribution in [0.2, 0.25) is 0 Å². The molecule has 0 spiro atoms. The predicted molar refractivity (Wildman–Crippen MR) is 109 cm³/mol. The van der Waals surface area contributed by atoms with Crippen molar-refractivity contribution in [2.45, 2.75) is 95.7 Å². The molecule has 2 unspecified atom stereocenters. The Kier molecular flexibility index (Phi) is 7.71. The number of aliphatic hydroxyl groups excluding tert-OH is 2. The Bertz CT molecular complexity index is 786. The lowest BCUT2D eigenvalue weighted by Crippen LogP contribution is -2.26. The topological polar surface area (TPSA) is 132 Å². The van der Waals surface area contributed by atoms with Crippen LogP contribution in [0.5, 0.6) is 0 Å². The van der Waals surface area contributed by atoms with E-state index in [1.54, 1.807) is 0 Å². The van der Waals surface area contributed by atoms with Crippen molar-refractivity contribution in [1.29, 1.82) is 0 Å². The van der Waals surface area contributed by atoms with Crippen LogP contribution in [-0.2, 0) is 10.8 Å². The van der Waals surface area contributed by atoms with E-state index >= 15 is 0 Å². The van der Waals surface area contributed by atoms with Crippen molar-refractivity contribution in [3.8, 4) is 0 Å². The fourth-order valence-electron chi connectivity index (χ4n) is 3.64.